The van der Waals surface area contributed by atoms with Gasteiger partial charge < -0.3 is 10.4 Å². The number of aliphatic carboxylic acids is 1. The van der Waals surface area contributed by atoms with Crippen LogP contribution in [0.15, 0.2) is 18.2 Å². The molecule has 0 atom stereocenters. The van der Waals surface area contributed by atoms with Crippen molar-refractivity contribution in [3.63, 3.8) is 0 Å². The van der Waals surface area contributed by atoms with Crippen molar-refractivity contribution < 1.29 is 23.9 Å². The summed E-state index contributed by atoms with van der Waals surface area (Å²) in [5, 5.41) is 13.2. The lowest BCUT2D eigenvalue weighted by molar-refractivity contribution is -0.149. The van der Waals surface area contributed by atoms with E-state index in [9.17, 15) is 18.8 Å². The van der Waals surface area contributed by atoms with Crippen LogP contribution in [0.3, 0.4) is 0 Å². The van der Waals surface area contributed by atoms with Gasteiger partial charge in [0.05, 0.1) is 5.41 Å². The number of aryl methyl sites for hydroxylation is 1. The second kappa shape index (κ2) is 6.34. The Bertz CT molecular complexity index is 584. The van der Waals surface area contributed by atoms with Crippen LogP contribution in [-0.2, 0) is 9.59 Å². The molecule has 0 aliphatic rings. The molecular formula is C14H17FN2O4. The highest BCUT2D eigenvalue weighted by atomic mass is 19.1. The van der Waals surface area contributed by atoms with E-state index in [1.807, 2.05) is 5.32 Å². The molecule has 3 N–H and O–H groups in total. The Hall–Kier alpha value is -2.44. The van der Waals surface area contributed by atoms with Crippen LogP contribution >= 0.6 is 0 Å². The van der Waals surface area contributed by atoms with Crippen molar-refractivity contribution in [2.24, 2.45) is 5.41 Å². The van der Waals surface area contributed by atoms with Crippen LogP contribution in [0.4, 0.5) is 14.9 Å². The zero-order valence-corrected chi connectivity index (χ0v) is 12.0. The first kappa shape index (κ1) is 16.6. The number of carboxylic acids is 1. The molecule has 0 spiro atoms. The van der Waals surface area contributed by atoms with Crippen LogP contribution in [-0.4, -0.2) is 23.0 Å². The molecule has 3 amide bonds. The van der Waals surface area contributed by atoms with Crippen molar-refractivity contribution in [3.05, 3.63) is 29.6 Å². The molecule has 0 bridgehead atoms. The molecule has 7 heteroatoms. The fourth-order valence-corrected chi connectivity index (χ4v) is 1.48. The van der Waals surface area contributed by atoms with E-state index in [0.717, 1.165) is 6.07 Å². The van der Waals surface area contributed by atoms with E-state index < -0.39 is 29.1 Å². The van der Waals surface area contributed by atoms with Crippen molar-refractivity contribution in [1.82, 2.24) is 5.32 Å². The summed E-state index contributed by atoms with van der Waals surface area (Å²) in [5.74, 6) is -2.35. The van der Waals surface area contributed by atoms with Gasteiger partial charge in [-0.05, 0) is 38.5 Å². The first-order valence-electron chi connectivity index (χ1n) is 6.22. The SMILES string of the molecule is Cc1ccc(NC(=O)NC(=O)CC(C)(C)C(=O)O)cc1F. The minimum Gasteiger partial charge on any atom is -0.481 e. The minimum atomic E-state index is -1.28. The number of urea groups is 1. The second-order valence-electron chi connectivity index (χ2n) is 5.33. The monoisotopic (exact) mass is 296 g/mol. The van der Waals surface area contributed by atoms with E-state index in [4.69, 9.17) is 5.11 Å². The average molecular weight is 296 g/mol. The topological polar surface area (TPSA) is 95.5 Å². The number of hydrogen-bond donors (Lipinski definition) is 3. The number of nitrogens with one attached hydrogen (secondary N) is 2. The Labute approximate surface area is 121 Å². The summed E-state index contributed by atoms with van der Waals surface area (Å²) in [5.41, 5.74) is -0.651. The lowest BCUT2D eigenvalue weighted by Crippen LogP contribution is -2.38. The van der Waals surface area contributed by atoms with Gasteiger partial charge in [-0.15, -0.1) is 0 Å². The highest BCUT2D eigenvalue weighted by Crippen LogP contribution is 2.20. The Morgan fingerprint density at radius 3 is 2.43 bits per heavy atom. The summed E-state index contributed by atoms with van der Waals surface area (Å²) in [7, 11) is 0. The van der Waals surface area contributed by atoms with E-state index in [1.54, 1.807) is 6.92 Å². The molecule has 1 rings (SSSR count). The fraction of sp³-hybridized carbons (Fsp3) is 0.357. The summed E-state index contributed by atoms with van der Waals surface area (Å²) in [6.07, 6.45) is -0.349. The highest BCUT2D eigenvalue weighted by molar-refractivity contribution is 6.02. The number of amides is 3. The van der Waals surface area contributed by atoms with Gasteiger partial charge in [-0.2, -0.15) is 0 Å². The maximum atomic E-state index is 13.3. The summed E-state index contributed by atoms with van der Waals surface area (Å²) >= 11 is 0. The molecule has 0 fully saturated rings. The van der Waals surface area contributed by atoms with Gasteiger partial charge >= 0.3 is 12.0 Å². The van der Waals surface area contributed by atoms with Gasteiger partial charge in [0.1, 0.15) is 5.82 Å². The molecule has 0 unspecified atom stereocenters. The molecule has 0 aromatic heterocycles. The molecule has 0 radical (unpaired) electrons. The van der Waals surface area contributed by atoms with Gasteiger partial charge in [-0.1, -0.05) is 6.07 Å². The van der Waals surface area contributed by atoms with Crippen LogP contribution in [0, 0.1) is 18.2 Å². The average Bonchev–Trinajstić information content (AvgIpc) is 2.32. The number of anilines is 1. The van der Waals surface area contributed by atoms with Gasteiger partial charge in [0.15, 0.2) is 0 Å². The van der Waals surface area contributed by atoms with Crippen LogP contribution < -0.4 is 10.6 Å². The Balaban J connectivity index is 2.59. The quantitative estimate of drug-likeness (QED) is 0.794. The molecule has 1 aromatic carbocycles. The number of halogens is 1. The number of carboxylic acid groups (broad SMARTS) is 1. The molecule has 21 heavy (non-hydrogen) atoms. The van der Waals surface area contributed by atoms with Gasteiger partial charge in [-0.3, -0.25) is 14.9 Å². The Morgan fingerprint density at radius 1 is 1.29 bits per heavy atom. The summed E-state index contributed by atoms with van der Waals surface area (Å²) in [6.45, 7) is 4.33. The maximum Gasteiger partial charge on any atom is 0.325 e. The van der Waals surface area contributed by atoms with Crippen LogP contribution in [0.5, 0.6) is 0 Å². The number of rotatable bonds is 4. The van der Waals surface area contributed by atoms with E-state index in [2.05, 4.69) is 5.32 Å². The number of carbonyl (C=O) groups is 3. The third kappa shape index (κ3) is 4.87. The predicted octanol–water partition coefficient (Wildman–Crippen LogP) is 2.28. The van der Waals surface area contributed by atoms with E-state index in [1.165, 1.54) is 26.0 Å². The van der Waals surface area contributed by atoms with Crippen molar-refractivity contribution in [2.45, 2.75) is 27.2 Å². The largest absolute Gasteiger partial charge is 0.481 e. The summed E-state index contributed by atoms with van der Waals surface area (Å²) in [6, 6.07) is 3.26. The second-order valence-corrected chi connectivity index (χ2v) is 5.33. The van der Waals surface area contributed by atoms with Gasteiger partial charge in [0, 0.05) is 12.1 Å². The summed E-state index contributed by atoms with van der Waals surface area (Å²) < 4.78 is 13.3. The van der Waals surface area contributed by atoms with Gasteiger partial charge in [0.2, 0.25) is 5.91 Å². The molecule has 0 saturated carbocycles. The maximum absolute atomic E-state index is 13.3. The van der Waals surface area contributed by atoms with Crippen LogP contribution in [0.25, 0.3) is 0 Å². The number of hydrogen-bond acceptors (Lipinski definition) is 3. The van der Waals surface area contributed by atoms with Crippen molar-refractivity contribution in [1.29, 1.82) is 0 Å². The normalized spacial score (nSPS) is 10.9. The predicted molar refractivity (Wildman–Crippen MR) is 74.3 cm³/mol. The van der Waals surface area contributed by atoms with Crippen LogP contribution in [0.1, 0.15) is 25.8 Å². The number of benzene rings is 1. The Morgan fingerprint density at radius 2 is 1.90 bits per heavy atom. The van der Waals surface area contributed by atoms with E-state index in [0.29, 0.717) is 5.56 Å². The molecule has 1 aromatic rings. The van der Waals surface area contributed by atoms with E-state index in [-0.39, 0.29) is 12.1 Å². The third-order valence-electron chi connectivity index (χ3n) is 2.86. The zero-order chi connectivity index (χ0) is 16.2. The molecule has 6 nitrogen and oxygen atoms in total. The molecule has 0 aliphatic carbocycles. The first-order valence-corrected chi connectivity index (χ1v) is 6.22. The minimum absolute atomic E-state index is 0.195. The lowest BCUT2D eigenvalue weighted by atomic mass is 9.89. The van der Waals surface area contributed by atoms with Crippen molar-refractivity contribution in [2.75, 3.05) is 5.32 Å². The molecule has 114 valence electrons. The van der Waals surface area contributed by atoms with Gasteiger partial charge in [-0.25, -0.2) is 9.18 Å². The van der Waals surface area contributed by atoms with Crippen molar-refractivity contribution >= 4 is 23.6 Å². The zero-order valence-electron chi connectivity index (χ0n) is 12.0. The van der Waals surface area contributed by atoms with Crippen molar-refractivity contribution in [3.8, 4) is 0 Å². The first-order chi connectivity index (χ1) is 9.61. The molecular weight excluding hydrogens is 279 g/mol. The van der Waals surface area contributed by atoms with E-state index >= 15 is 0 Å². The molecule has 0 aliphatic heterocycles. The number of carbonyl (C=O) groups excluding carboxylic acids is 2. The smallest absolute Gasteiger partial charge is 0.325 e. The highest BCUT2D eigenvalue weighted by Gasteiger charge is 2.30. The molecule has 0 heterocycles. The standard InChI is InChI=1S/C14H17FN2O4/c1-8-4-5-9(6-10(8)15)16-13(21)17-11(18)7-14(2,3)12(19)20/h4-6H,7H2,1-3H3,(H,19,20)(H2,16,17,18,21). The van der Waals surface area contributed by atoms with Crippen LogP contribution in [0.2, 0.25) is 0 Å². The third-order valence-corrected chi connectivity index (χ3v) is 2.86. The Kier molecular flexibility index (Phi) is 5.02. The molecule has 0 saturated heterocycles. The number of imide groups is 1. The fourth-order valence-electron chi connectivity index (χ4n) is 1.48. The lowest BCUT2D eigenvalue weighted by Gasteiger charge is -2.17. The van der Waals surface area contributed by atoms with Gasteiger partial charge in [0.25, 0.3) is 0 Å². The summed E-state index contributed by atoms with van der Waals surface area (Å²) in [4.78, 5) is 34.0.